The third-order valence-electron chi connectivity index (χ3n) is 10.7. The van der Waals surface area contributed by atoms with Gasteiger partial charge in [0.15, 0.2) is 18.1 Å². The minimum atomic E-state index is -0.880. The Hall–Kier alpha value is -3.97. The second-order valence-corrected chi connectivity index (χ2v) is 13.5. The number of alkyl halides is 1. The number of fused-ring (bicyclic) bond motifs is 1. The molecule has 6 rings (SSSR count). The lowest BCUT2D eigenvalue weighted by Crippen LogP contribution is -2.50. The number of amides is 2. The summed E-state index contributed by atoms with van der Waals surface area (Å²) in [5, 5.41) is 3.62. The number of benzene rings is 1. The van der Waals surface area contributed by atoms with E-state index in [4.69, 9.17) is 28.5 Å². The zero-order chi connectivity index (χ0) is 33.9. The highest BCUT2D eigenvalue weighted by atomic mass is 19.1. The fourth-order valence-corrected chi connectivity index (χ4v) is 7.95. The molecule has 0 unspecified atom stereocenters. The van der Waals surface area contributed by atoms with Gasteiger partial charge in [0, 0.05) is 36.7 Å². The average molecular weight is 670 g/mol. The van der Waals surface area contributed by atoms with E-state index in [0.29, 0.717) is 54.8 Å². The van der Waals surface area contributed by atoms with Crippen LogP contribution in [0.4, 0.5) is 10.1 Å². The molecular weight excluding hydrogens is 625 g/mol. The van der Waals surface area contributed by atoms with Crippen molar-refractivity contribution in [2.45, 2.75) is 89.5 Å². The summed E-state index contributed by atoms with van der Waals surface area (Å²) in [6.07, 6.45) is 7.40. The zero-order valence-corrected chi connectivity index (χ0v) is 27.4. The summed E-state index contributed by atoms with van der Waals surface area (Å²) in [6.45, 7) is 1.18. The van der Waals surface area contributed by atoms with Gasteiger partial charge >= 0.3 is 11.8 Å². The molecule has 48 heavy (non-hydrogen) atoms. The van der Waals surface area contributed by atoms with Crippen LogP contribution in [-0.4, -0.2) is 61.2 Å². The number of hydrogen-bond acceptors (Lipinski definition) is 10. The van der Waals surface area contributed by atoms with Crippen molar-refractivity contribution in [2.24, 2.45) is 29.4 Å². The predicted octanol–water partition coefficient (Wildman–Crippen LogP) is 5.11. The van der Waals surface area contributed by atoms with Crippen molar-refractivity contribution >= 4 is 34.4 Å². The lowest BCUT2D eigenvalue weighted by molar-refractivity contribution is -0.142. The van der Waals surface area contributed by atoms with E-state index in [1.807, 2.05) is 0 Å². The first kappa shape index (κ1) is 33.9. The largest absolute Gasteiger partial charge is 0.519 e. The Balaban J connectivity index is 1.16. The molecular formula is C35H44FN3O9. The number of nitrogens with one attached hydrogen (secondary N) is 1. The van der Waals surface area contributed by atoms with Crippen molar-refractivity contribution in [1.82, 2.24) is 4.90 Å². The Labute approximate surface area is 277 Å². The van der Waals surface area contributed by atoms with E-state index in [9.17, 15) is 23.6 Å². The number of carbonyl (C=O) groups excluding carboxylic acids is 3. The predicted molar refractivity (Wildman–Crippen MR) is 172 cm³/mol. The van der Waals surface area contributed by atoms with Crippen LogP contribution in [0.3, 0.4) is 0 Å². The van der Waals surface area contributed by atoms with Crippen LogP contribution in [-0.2, 0) is 25.7 Å². The SMILES string of the molecule is COC1CCC([C@@H]2CCN(C(=O)[C@H]3CC[C@H]([C@H](N)CF)CC3)[C@@H]2C(=O)Nc2ccc3oc(C(=O)OCc4oc(=O)oc4C)cc3c2)CC1. The van der Waals surface area contributed by atoms with Crippen molar-refractivity contribution in [1.29, 1.82) is 0 Å². The molecule has 1 saturated heterocycles. The monoisotopic (exact) mass is 669 g/mol. The van der Waals surface area contributed by atoms with Crippen LogP contribution >= 0.6 is 0 Å². The van der Waals surface area contributed by atoms with E-state index in [1.54, 1.807) is 30.2 Å². The summed E-state index contributed by atoms with van der Waals surface area (Å²) in [5.74, 6) is -1.44. The maximum absolute atomic E-state index is 14.1. The van der Waals surface area contributed by atoms with Crippen LogP contribution in [0, 0.1) is 30.6 Å². The molecule has 3 aliphatic rings. The molecule has 3 aromatic rings. The van der Waals surface area contributed by atoms with Crippen LogP contribution in [0.1, 0.15) is 79.9 Å². The van der Waals surface area contributed by atoms with Crippen LogP contribution in [0.15, 0.2) is 42.3 Å². The molecule has 3 heterocycles. The van der Waals surface area contributed by atoms with E-state index in [2.05, 4.69) is 5.32 Å². The highest BCUT2D eigenvalue weighted by Crippen LogP contribution is 2.42. The van der Waals surface area contributed by atoms with Gasteiger partial charge in [0.05, 0.1) is 6.10 Å². The van der Waals surface area contributed by atoms with Gasteiger partial charge in [-0.3, -0.25) is 9.59 Å². The molecule has 2 amide bonds. The van der Waals surface area contributed by atoms with Crippen molar-refractivity contribution in [2.75, 3.05) is 25.6 Å². The summed E-state index contributed by atoms with van der Waals surface area (Å²) in [7, 11) is 1.73. The zero-order valence-electron chi connectivity index (χ0n) is 27.4. The van der Waals surface area contributed by atoms with Crippen molar-refractivity contribution in [3.8, 4) is 0 Å². The number of anilines is 1. The van der Waals surface area contributed by atoms with Crippen molar-refractivity contribution in [3.05, 3.63) is 52.2 Å². The number of rotatable bonds is 10. The number of esters is 1. The lowest BCUT2D eigenvalue weighted by atomic mass is 9.75. The topological polar surface area (TPSA) is 167 Å². The number of hydrogen-bond donors (Lipinski definition) is 2. The Kier molecular flexibility index (Phi) is 10.4. The molecule has 2 aliphatic carbocycles. The van der Waals surface area contributed by atoms with Crippen molar-refractivity contribution in [3.63, 3.8) is 0 Å². The van der Waals surface area contributed by atoms with Crippen molar-refractivity contribution < 1.29 is 41.5 Å². The van der Waals surface area contributed by atoms with E-state index in [1.165, 1.54) is 13.0 Å². The first-order chi connectivity index (χ1) is 23.1. The number of furan rings is 1. The van der Waals surface area contributed by atoms with Gasteiger partial charge in [-0.15, -0.1) is 0 Å². The van der Waals surface area contributed by atoms with E-state index in [-0.39, 0.29) is 59.6 Å². The van der Waals surface area contributed by atoms with Gasteiger partial charge in [0.1, 0.15) is 18.3 Å². The van der Waals surface area contributed by atoms with Gasteiger partial charge < -0.3 is 38.7 Å². The molecule has 2 aromatic heterocycles. The van der Waals surface area contributed by atoms with Gasteiger partial charge in [-0.25, -0.2) is 14.0 Å². The van der Waals surface area contributed by atoms with Crippen LogP contribution in [0.25, 0.3) is 11.0 Å². The van der Waals surface area contributed by atoms with E-state index < -0.39 is 30.5 Å². The van der Waals surface area contributed by atoms with Gasteiger partial charge in [-0.1, -0.05) is 0 Å². The van der Waals surface area contributed by atoms with Gasteiger partial charge in [0.2, 0.25) is 17.6 Å². The summed E-state index contributed by atoms with van der Waals surface area (Å²) in [4.78, 5) is 53.8. The van der Waals surface area contributed by atoms with Gasteiger partial charge in [0.25, 0.3) is 0 Å². The molecule has 2 saturated carbocycles. The minimum absolute atomic E-state index is 0.00572. The average Bonchev–Trinajstić information content (AvgIpc) is 3.82. The molecule has 1 aromatic carbocycles. The van der Waals surface area contributed by atoms with Gasteiger partial charge in [-0.05, 0) is 107 Å². The summed E-state index contributed by atoms with van der Waals surface area (Å²) in [5.41, 5.74) is 6.88. The molecule has 260 valence electrons. The molecule has 13 heteroatoms. The summed E-state index contributed by atoms with van der Waals surface area (Å²) < 4.78 is 39.3. The van der Waals surface area contributed by atoms with Crippen LogP contribution in [0.2, 0.25) is 0 Å². The molecule has 0 radical (unpaired) electrons. The number of ether oxygens (including phenoxy) is 2. The molecule has 3 fully saturated rings. The Morgan fingerprint density at radius 1 is 1.02 bits per heavy atom. The fraction of sp³-hybridized carbons (Fsp3) is 0.600. The second-order valence-electron chi connectivity index (χ2n) is 13.5. The number of nitrogens with two attached hydrogens (primary N) is 1. The standard InChI is InChI=1S/C35H44FN3O9/c1-19-30(48-35(43)46-19)18-45-34(42)29-16-23-15-24(9-12-28(23)47-29)38-32(40)31-26(20-7-10-25(44-2)11-8-20)13-14-39(31)33(41)22-5-3-21(4-6-22)27(37)17-36/h9,12,15-16,20-22,25-27,31H,3-8,10-11,13-14,17-18,37H2,1-2H3,(H,38,40)/t20?,21-,22-,25?,26-,27+,31-/m0/s1. The molecule has 1 aliphatic heterocycles. The minimum Gasteiger partial charge on any atom is -0.451 e. The second kappa shape index (κ2) is 14.7. The number of aryl methyl sites for hydroxylation is 1. The van der Waals surface area contributed by atoms with Gasteiger partial charge in [-0.2, -0.15) is 0 Å². The molecule has 3 atom stereocenters. The first-order valence-electron chi connectivity index (χ1n) is 16.9. The molecule has 12 nitrogen and oxygen atoms in total. The number of likely N-dealkylation sites (tertiary alicyclic amines) is 1. The normalized spacial score (nSPS) is 26.8. The summed E-state index contributed by atoms with van der Waals surface area (Å²) >= 11 is 0. The third kappa shape index (κ3) is 7.21. The Bertz CT molecular complexity index is 1660. The highest BCUT2D eigenvalue weighted by molar-refractivity contribution is 6.00. The number of methoxy groups -OCH3 is 1. The van der Waals surface area contributed by atoms with Crippen LogP contribution < -0.4 is 16.9 Å². The number of halogens is 1. The maximum atomic E-state index is 14.1. The van der Waals surface area contributed by atoms with Crippen LogP contribution in [0.5, 0.6) is 0 Å². The number of carbonyl (C=O) groups is 3. The third-order valence-corrected chi connectivity index (χ3v) is 10.7. The lowest BCUT2D eigenvalue weighted by Gasteiger charge is -2.37. The quantitative estimate of drug-likeness (QED) is 0.277. The molecule has 3 N–H and O–H groups in total. The highest BCUT2D eigenvalue weighted by Gasteiger charge is 2.47. The maximum Gasteiger partial charge on any atom is 0.519 e. The Morgan fingerprint density at radius 3 is 2.44 bits per heavy atom. The summed E-state index contributed by atoms with van der Waals surface area (Å²) in [6, 6.07) is 5.45. The molecule has 0 spiro atoms. The Morgan fingerprint density at radius 2 is 1.77 bits per heavy atom. The van der Waals surface area contributed by atoms with E-state index in [0.717, 1.165) is 32.1 Å². The number of nitrogens with zero attached hydrogens (tertiary/aromatic N) is 1. The van der Waals surface area contributed by atoms with E-state index >= 15 is 0 Å². The first-order valence-corrected chi connectivity index (χ1v) is 16.9. The molecule has 0 bridgehead atoms. The fourth-order valence-electron chi connectivity index (χ4n) is 7.95. The smallest absolute Gasteiger partial charge is 0.451 e.